The average Bonchev–Trinajstić information content (AvgIpc) is 3.04. The first-order valence-electron chi connectivity index (χ1n) is 6.69. The van der Waals surface area contributed by atoms with E-state index in [0.717, 1.165) is 43.9 Å². The van der Waals surface area contributed by atoms with E-state index in [9.17, 15) is 0 Å². The van der Waals surface area contributed by atoms with Crippen molar-refractivity contribution in [3.63, 3.8) is 0 Å². The van der Waals surface area contributed by atoms with Crippen molar-refractivity contribution in [3.05, 3.63) is 41.2 Å². The second-order valence-corrected chi connectivity index (χ2v) is 4.80. The molecular weight excluding hydrogens is 240 g/mol. The van der Waals surface area contributed by atoms with Crippen molar-refractivity contribution in [2.45, 2.75) is 25.8 Å². The highest BCUT2D eigenvalue weighted by atomic mass is 16.5. The van der Waals surface area contributed by atoms with Crippen molar-refractivity contribution in [1.82, 2.24) is 15.0 Å². The molecule has 1 aromatic heterocycles. The van der Waals surface area contributed by atoms with Crippen molar-refractivity contribution in [2.75, 3.05) is 13.2 Å². The molecule has 2 N–H and O–H groups in total. The fourth-order valence-corrected chi connectivity index (χ4v) is 2.35. The van der Waals surface area contributed by atoms with Gasteiger partial charge < -0.3 is 10.5 Å². The SMILES string of the molecule is NCCc1cn(CCc2ccc3c(c2)CCO3)nn1. The van der Waals surface area contributed by atoms with E-state index in [4.69, 9.17) is 10.5 Å². The van der Waals surface area contributed by atoms with Gasteiger partial charge in [0.05, 0.1) is 12.3 Å². The highest BCUT2D eigenvalue weighted by Gasteiger charge is 2.11. The second-order valence-electron chi connectivity index (χ2n) is 4.80. The summed E-state index contributed by atoms with van der Waals surface area (Å²) in [5, 5.41) is 8.20. The number of ether oxygens (including phenoxy) is 1. The summed E-state index contributed by atoms with van der Waals surface area (Å²) in [6.45, 7) is 2.27. The third kappa shape index (κ3) is 2.76. The van der Waals surface area contributed by atoms with Crippen LogP contribution in [-0.2, 0) is 25.8 Å². The summed E-state index contributed by atoms with van der Waals surface area (Å²) in [7, 11) is 0. The maximum atomic E-state index is 5.51. The minimum atomic E-state index is 0.615. The molecular formula is C14H18N4O. The predicted octanol–water partition coefficient (Wildman–Crippen LogP) is 0.957. The molecule has 0 fully saturated rings. The normalized spacial score (nSPS) is 13.3. The maximum absolute atomic E-state index is 5.51. The number of hydrogen-bond donors (Lipinski definition) is 1. The number of rotatable bonds is 5. The highest BCUT2D eigenvalue weighted by Crippen LogP contribution is 2.26. The molecule has 19 heavy (non-hydrogen) atoms. The first-order valence-corrected chi connectivity index (χ1v) is 6.69. The zero-order valence-corrected chi connectivity index (χ0v) is 10.9. The van der Waals surface area contributed by atoms with Crippen molar-refractivity contribution >= 4 is 0 Å². The fourth-order valence-electron chi connectivity index (χ4n) is 2.35. The zero-order chi connectivity index (χ0) is 13.1. The molecule has 0 spiro atoms. The Balaban J connectivity index is 1.62. The Labute approximate surface area is 112 Å². The van der Waals surface area contributed by atoms with Gasteiger partial charge in [-0.25, -0.2) is 0 Å². The van der Waals surface area contributed by atoms with Crippen LogP contribution in [0.25, 0.3) is 0 Å². The Hall–Kier alpha value is -1.88. The zero-order valence-electron chi connectivity index (χ0n) is 10.9. The monoisotopic (exact) mass is 258 g/mol. The van der Waals surface area contributed by atoms with Crippen LogP contribution in [0.3, 0.4) is 0 Å². The Kier molecular flexibility index (Phi) is 3.46. The van der Waals surface area contributed by atoms with Crippen LogP contribution in [0.15, 0.2) is 24.4 Å². The van der Waals surface area contributed by atoms with Crippen molar-refractivity contribution in [2.24, 2.45) is 5.73 Å². The molecule has 1 aliphatic rings. The van der Waals surface area contributed by atoms with Crippen LogP contribution in [0.5, 0.6) is 5.75 Å². The van der Waals surface area contributed by atoms with Crippen molar-refractivity contribution in [1.29, 1.82) is 0 Å². The standard InChI is InChI=1S/C14H18N4O/c15-6-3-13-10-18(17-16-13)7-4-11-1-2-14-12(9-11)5-8-19-14/h1-2,9-10H,3-8,15H2. The first kappa shape index (κ1) is 12.2. The molecule has 0 radical (unpaired) electrons. The molecule has 3 rings (SSSR count). The number of benzene rings is 1. The molecule has 2 aromatic rings. The molecule has 2 heterocycles. The van der Waals surface area contributed by atoms with Gasteiger partial charge in [-0.05, 0) is 30.2 Å². The molecule has 0 atom stereocenters. The van der Waals surface area contributed by atoms with E-state index < -0.39 is 0 Å². The fraction of sp³-hybridized carbons (Fsp3) is 0.429. The summed E-state index contributed by atoms with van der Waals surface area (Å²) in [5.41, 5.74) is 9.10. The summed E-state index contributed by atoms with van der Waals surface area (Å²) >= 11 is 0. The van der Waals surface area contributed by atoms with Gasteiger partial charge >= 0.3 is 0 Å². The molecule has 5 heteroatoms. The Morgan fingerprint density at radius 2 is 2.26 bits per heavy atom. The van der Waals surface area contributed by atoms with Gasteiger partial charge in [0.25, 0.3) is 0 Å². The molecule has 0 unspecified atom stereocenters. The first-order chi connectivity index (χ1) is 9.35. The minimum Gasteiger partial charge on any atom is -0.493 e. The van der Waals surface area contributed by atoms with E-state index >= 15 is 0 Å². The minimum absolute atomic E-state index is 0.615. The van der Waals surface area contributed by atoms with Gasteiger partial charge in [0.15, 0.2) is 0 Å². The van der Waals surface area contributed by atoms with Gasteiger partial charge in [-0.3, -0.25) is 4.68 Å². The Bertz CT molecular complexity index is 564. The number of nitrogens with two attached hydrogens (primary N) is 1. The van der Waals surface area contributed by atoms with Gasteiger partial charge in [0.1, 0.15) is 5.75 Å². The van der Waals surface area contributed by atoms with Crippen LogP contribution in [-0.4, -0.2) is 28.1 Å². The average molecular weight is 258 g/mol. The topological polar surface area (TPSA) is 66.0 Å². The van der Waals surface area contributed by atoms with E-state index in [1.54, 1.807) is 0 Å². The van der Waals surface area contributed by atoms with Gasteiger partial charge in [0, 0.05) is 25.6 Å². The molecule has 1 aromatic carbocycles. The molecule has 100 valence electrons. The quantitative estimate of drug-likeness (QED) is 0.867. The highest BCUT2D eigenvalue weighted by molar-refractivity contribution is 5.39. The third-order valence-electron chi connectivity index (χ3n) is 3.37. The lowest BCUT2D eigenvalue weighted by atomic mass is 10.1. The second kappa shape index (κ2) is 5.40. The van der Waals surface area contributed by atoms with Crippen LogP contribution in [0.4, 0.5) is 0 Å². The number of nitrogens with zero attached hydrogens (tertiary/aromatic N) is 3. The smallest absolute Gasteiger partial charge is 0.122 e. The largest absolute Gasteiger partial charge is 0.493 e. The van der Waals surface area contributed by atoms with Crippen LogP contribution in [0, 0.1) is 0 Å². The lowest BCUT2D eigenvalue weighted by Gasteiger charge is -2.04. The lowest BCUT2D eigenvalue weighted by molar-refractivity contribution is 0.357. The van der Waals surface area contributed by atoms with Crippen LogP contribution < -0.4 is 10.5 Å². The molecule has 0 amide bonds. The summed E-state index contributed by atoms with van der Waals surface area (Å²) in [4.78, 5) is 0. The molecule has 0 bridgehead atoms. The van der Waals surface area contributed by atoms with E-state index in [2.05, 4.69) is 28.5 Å². The Morgan fingerprint density at radius 1 is 1.32 bits per heavy atom. The number of hydrogen-bond acceptors (Lipinski definition) is 4. The van der Waals surface area contributed by atoms with Crippen molar-refractivity contribution < 1.29 is 4.74 Å². The summed E-state index contributed by atoms with van der Waals surface area (Å²) < 4.78 is 7.39. The van der Waals surface area contributed by atoms with Crippen LogP contribution in [0.1, 0.15) is 16.8 Å². The van der Waals surface area contributed by atoms with Gasteiger partial charge in [-0.1, -0.05) is 17.3 Å². The van der Waals surface area contributed by atoms with Crippen LogP contribution in [0.2, 0.25) is 0 Å². The van der Waals surface area contributed by atoms with E-state index in [1.807, 2.05) is 10.9 Å². The molecule has 0 saturated heterocycles. The lowest BCUT2D eigenvalue weighted by Crippen LogP contribution is -2.03. The Morgan fingerprint density at radius 3 is 3.16 bits per heavy atom. The molecule has 0 saturated carbocycles. The summed E-state index contributed by atoms with van der Waals surface area (Å²) in [6.07, 6.45) is 4.74. The molecule has 5 nitrogen and oxygen atoms in total. The summed E-state index contributed by atoms with van der Waals surface area (Å²) in [5.74, 6) is 1.04. The van der Waals surface area contributed by atoms with Crippen LogP contribution >= 0.6 is 0 Å². The van der Waals surface area contributed by atoms with Gasteiger partial charge in [0.2, 0.25) is 0 Å². The number of aromatic nitrogens is 3. The van der Waals surface area contributed by atoms with Crippen molar-refractivity contribution in [3.8, 4) is 5.75 Å². The maximum Gasteiger partial charge on any atom is 0.122 e. The third-order valence-corrected chi connectivity index (χ3v) is 3.37. The number of aryl methyl sites for hydroxylation is 2. The van der Waals surface area contributed by atoms with E-state index in [1.165, 1.54) is 11.1 Å². The predicted molar refractivity (Wildman–Crippen MR) is 72.1 cm³/mol. The van der Waals surface area contributed by atoms with E-state index in [-0.39, 0.29) is 0 Å². The summed E-state index contributed by atoms with van der Waals surface area (Å²) in [6, 6.07) is 6.43. The molecule has 1 aliphatic heterocycles. The molecule has 0 aliphatic carbocycles. The van der Waals surface area contributed by atoms with Gasteiger partial charge in [-0.15, -0.1) is 5.10 Å². The van der Waals surface area contributed by atoms with Gasteiger partial charge in [-0.2, -0.15) is 0 Å². The number of fused-ring (bicyclic) bond motifs is 1. The van der Waals surface area contributed by atoms with E-state index in [0.29, 0.717) is 6.54 Å².